The Bertz CT molecular complexity index is 90.2. The maximum atomic E-state index is 9.95. The van der Waals surface area contributed by atoms with E-state index in [0.29, 0.717) is 0 Å². The number of amides is 1. The molecule has 0 aromatic carbocycles. The molecule has 4 heteroatoms. The summed E-state index contributed by atoms with van der Waals surface area (Å²) in [5.74, 6) is -0.750. The van der Waals surface area contributed by atoms with Crippen molar-refractivity contribution in [2.24, 2.45) is 5.73 Å². The summed E-state index contributed by atoms with van der Waals surface area (Å²) in [6.07, 6.45) is -0.139. The van der Waals surface area contributed by atoms with E-state index in [0.717, 1.165) is 0 Å². The quantitative estimate of drug-likeness (QED) is 0.306. The van der Waals surface area contributed by atoms with E-state index in [4.69, 9.17) is 0 Å². The predicted molar refractivity (Wildman–Crippen MR) is 24.5 cm³/mol. The maximum absolute atomic E-state index is 9.95. The second kappa shape index (κ2) is 5.28. The van der Waals surface area contributed by atoms with Gasteiger partial charge in [0.2, 0.25) is 5.91 Å². The molecule has 0 heterocycles. The summed E-state index contributed by atoms with van der Waals surface area (Å²) in [7, 11) is 0. The summed E-state index contributed by atoms with van der Waals surface area (Å²) in [5, 5.41) is 0. The van der Waals surface area contributed by atoms with Crippen LogP contribution in [-0.4, -0.2) is 11.7 Å². The Balaban J connectivity index is 0. The summed E-state index contributed by atoms with van der Waals surface area (Å²) in [4.78, 5) is 19.8. The molecule has 0 aliphatic heterocycles. The van der Waals surface area contributed by atoms with Crippen molar-refractivity contribution in [3.8, 4) is 0 Å². The van der Waals surface area contributed by atoms with Gasteiger partial charge in [-0.25, -0.2) is 0 Å². The van der Waals surface area contributed by atoms with Crippen LogP contribution in [0.15, 0.2) is 0 Å². The van der Waals surface area contributed by atoms with Gasteiger partial charge < -0.3 is 5.73 Å². The Morgan fingerprint density at radius 2 is 1.88 bits per heavy atom. The van der Waals surface area contributed by atoms with Crippen LogP contribution in [0.5, 0.6) is 0 Å². The Morgan fingerprint density at radius 3 is 1.88 bits per heavy atom. The van der Waals surface area contributed by atoms with E-state index in [-0.39, 0.29) is 41.8 Å². The first-order valence-corrected chi connectivity index (χ1v) is 1.90. The minimum absolute atomic E-state index is 0. The molecule has 0 saturated carbocycles. The normalized spacial score (nSPS) is 7.12. The molecule has 0 saturated heterocycles. The Morgan fingerprint density at radius 1 is 1.50 bits per heavy atom. The topological polar surface area (TPSA) is 60.2 Å². The van der Waals surface area contributed by atoms with Crippen LogP contribution in [0.2, 0.25) is 0 Å². The van der Waals surface area contributed by atoms with Crippen LogP contribution in [0, 0.1) is 0 Å². The standard InChI is InChI=1S/C4H7NO2.Na/c1-3(6)2-4(5)7;/h2H2,1H3,(H2,5,7);/q;+1. The molecule has 40 valence electrons. The molecule has 3 nitrogen and oxygen atoms in total. The van der Waals surface area contributed by atoms with Crippen LogP contribution in [0.3, 0.4) is 0 Å². The molecule has 0 aromatic rings. The van der Waals surface area contributed by atoms with Crippen molar-refractivity contribution in [2.45, 2.75) is 13.3 Å². The number of carbonyl (C=O) groups is 2. The number of hydrogen-bond acceptors (Lipinski definition) is 2. The number of hydrogen-bond donors (Lipinski definition) is 1. The minimum atomic E-state index is -0.562. The summed E-state index contributed by atoms with van der Waals surface area (Å²) < 4.78 is 0. The van der Waals surface area contributed by atoms with Gasteiger partial charge in [-0.3, -0.25) is 9.59 Å². The van der Waals surface area contributed by atoms with Gasteiger partial charge in [-0.15, -0.1) is 0 Å². The van der Waals surface area contributed by atoms with Crippen LogP contribution < -0.4 is 35.3 Å². The molecule has 0 radical (unpaired) electrons. The molecular weight excluding hydrogens is 117 g/mol. The van der Waals surface area contributed by atoms with E-state index in [1.807, 2.05) is 0 Å². The minimum Gasteiger partial charge on any atom is -0.369 e. The van der Waals surface area contributed by atoms with Crippen molar-refractivity contribution in [3.63, 3.8) is 0 Å². The van der Waals surface area contributed by atoms with E-state index in [1.54, 1.807) is 0 Å². The number of Topliss-reactive ketones (excluding diaryl/α,β-unsaturated/α-hetero) is 1. The molecular formula is C4H7NNaO2+. The van der Waals surface area contributed by atoms with E-state index in [1.165, 1.54) is 6.92 Å². The molecule has 0 spiro atoms. The largest absolute Gasteiger partial charge is 1.00 e. The molecule has 0 aliphatic rings. The first-order chi connectivity index (χ1) is 3.13. The second-order valence-electron chi connectivity index (χ2n) is 1.35. The summed E-state index contributed by atoms with van der Waals surface area (Å²) >= 11 is 0. The molecule has 2 N–H and O–H groups in total. The number of carbonyl (C=O) groups excluding carboxylic acids is 2. The number of nitrogens with two attached hydrogens (primary N) is 1. The Kier molecular flexibility index (Phi) is 7.26. The van der Waals surface area contributed by atoms with Gasteiger partial charge in [0, 0.05) is 0 Å². The maximum Gasteiger partial charge on any atom is 1.00 e. The number of rotatable bonds is 2. The van der Waals surface area contributed by atoms with E-state index < -0.39 is 5.91 Å². The van der Waals surface area contributed by atoms with E-state index >= 15 is 0 Å². The first-order valence-electron chi connectivity index (χ1n) is 1.90. The summed E-state index contributed by atoms with van der Waals surface area (Å²) in [5.41, 5.74) is 4.63. The molecule has 0 fully saturated rings. The zero-order valence-corrected chi connectivity index (χ0v) is 7.10. The number of primary amides is 1. The summed E-state index contributed by atoms with van der Waals surface area (Å²) in [6.45, 7) is 1.32. The van der Waals surface area contributed by atoms with E-state index in [9.17, 15) is 9.59 Å². The Labute approximate surface area is 69.9 Å². The average molecular weight is 124 g/mol. The van der Waals surface area contributed by atoms with Gasteiger partial charge in [-0.1, -0.05) is 0 Å². The monoisotopic (exact) mass is 124 g/mol. The van der Waals surface area contributed by atoms with Crippen molar-refractivity contribution in [1.82, 2.24) is 0 Å². The zero-order chi connectivity index (χ0) is 5.86. The van der Waals surface area contributed by atoms with Crippen molar-refractivity contribution < 1.29 is 39.1 Å². The number of ketones is 1. The van der Waals surface area contributed by atoms with Crippen LogP contribution in [-0.2, 0) is 9.59 Å². The van der Waals surface area contributed by atoms with Crippen LogP contribution in [0.25, 0.3) is 0 Å². The van der Waals surface area contributed by atoms with Gasteiger partial charge in [0.05, 0.1) is 6.42 Å². The van der Waals surface area contributed by atoms with Gasteiger partial charge >= 0.3 is 29.6 Å². The zero-order valence-electron chi connectivity index (χ0n) is 5.10. The fraction of sp³-hybridized carbons (Fsp3) is 0.500. The van der Waals surface area contributed by atoms with Crippen molar-refractivity contribution in [2.75, 3.05) is 0 Å². The summed E-state index contributed by atoms with van der Waals surface area (Å²) in [6, 6.07) is 0. The molecule has 0 aromatic heterocycles. The first kappa shape index (κ1) is 11.0. The molecule has 0 aliphatic carbocycles. The third-order valence-electron chi connectivity index (χ3n) is 0.423. The van der Waals surface area contributed by atoms with Crippen molar-refractivity contribution in [3.05, 3.63) is 0 Å². The van der Waals surface area contributed by atoms with Crippen molar-refractivity contribution >= 4 is 11.7 Å². The smallest absolute Gasteiger partial charge is 0.369 e. The fourth-order valence-corrected chi connectivity index (χ4v) is 0.245. The van der Waals surface area contributed by atoms with Crippen LogP contribution in [0.4, 0.5) is 0 Å². The molecule has 0 rings (SSSR count). The predicted octanol–water partition coefficient (Wildman–Crippen LogP) is -3.55. The fourth-order valence-electron chi connectivity index (χ4n) is 0.245. The SMILES string of the molecule is CC(=O)CC(N)=O.[Na+]. The Hall–Kier alpha value is 0.140. The second-order valence-corrected chi connectivity index (χ2v) is 1.35. The van der Waals surface area contributed by atoms with Gasteiger partial charge in [-0.2, -0.15) is 0 Å². The van der Waals surface area contributed by atoms with Crippen LogP contribution >= 0.6 is 0 Å². The third kappa shape index (κ3) is 9.46. The van der Waals surface area contributed by atoms with Gasteiger partial charge in [-0.05, 0) is 6.92 Å². The molecule has 8 heavy (non-hydrogen) atoms. The molecule has 0 unspecified atom stereocenters. The van der Waals surface area contributed by atoms with Gasteiger partial charge in [0.25, 0.3) is 0 Å². The molecule has 0 bridgehead atoms. The van der Waals surface area contributed by atoms with Gasteiger partial charge in [0.1, 0.15) is 5.78 Å². The average Bonchev–Trinajstić information content (AvgIpc) is 1.27. The van der Waals surface area contributed by atoms with E-state index in [2.05, 4.69) is 5.73 Å². The molecule has 0 atom stereocenters. The molecule has 1 amide bonds. The third-order valence-corrected chi connectivity index (χ3v) is 0.423. The van der Waals surface area contributed by atoms with Gasteiger partial charge in [0.15, 0.2) is 0 Å². The van der Waals surface area contributed by atoms with Crippen LogP contribution in [0.1, 0.15) is 13.3 Å². The van der Waals surface area contributed by atoms with Crippen molar-refractivity contribution in [1.29, 1.82) is 0 Å².